The molecule has 0 bridgehead atoms. The van der Waals surface area contributed by atoms with Crippen LogP contribution in [0.15, 0.2) is 24.3 Å². The summed E-state index contributed by atoms with van der Waals surface area (Å²) in [5.41, 5.74) is 5.11. The number of aliphatic hydroxyl groups excluding tert-OH is 2. The van der Waals surface area contributed by atoms with Gasteiger partial charge in [-0.15, -0.1) is 35.5 Å². The average molecular weight is 1570 g/mol. The number of nitro benzene ring substituents is 1. The molecule has 6 aliphatic carbocycles. The zero-order chi connectivity index (χ0) is 79.0. The normalized spacial score (nSPS) is 19.9. The molecule has 6 aliphatic rings. The topological polar surface area (TPSA) is 447 Å². The summed E-state index contributed by atoms with van der Waals surface area (Å²) in [6, 6.07) is 5.06. The fourth-order valence-electron chi connectivity index (χ4n) is 11.9. The number of benzene rings is 1. The molecule has 0 aliphatic heterocycles. The summed E-state index contributed by atoms with van der Waals surface area (Å²) in [6.07, 6.45) is 9.50. The Morgan fingerprint density at radius 3 is 0.945 bits per heavy atom. The Hall–Kier alpha value is -7.48. The summed E-state index contributed by atoms with van der Waals surface area (Å²) in [7, 11) is 0. The zero-order valence-corrected chi connectivity index (χ0v) is 63.4. The number of aliphatic carboxylic acids is 1. The first-order valence-corrected chi connectivity index (χ1v) is 38.0. The zero-order valence-electron chi connectivity index (χ0n) is 63.4. The summed E-state index contributed by atoms with van der Waals surface area (Å²) in [4.78, 5) is 78.3. The van der Waals surface area contributed by atoms with Crippen molar-refractivity contribution in [1.82, 2.24) is 21.3 Å². The number of alkyl carbamates (subject to hydrolysis) is 4. The monoisotopic (exact) mass is 1570 g/mol. The van der Waals surface area contributed by atoms with E-state index < -0.39 is 41.9 Å². The first-order valence-electron chi connectivity index (χ1n) is 38.0. The van der Waals surface area contributed by atoms with E-state index >= 15 is 0 Å². The summed E-state index contributed by atoms with van der Waals surface area (Å²) in [5, 5.41) is 46.0. The van der Waals surface area contributed by atoms with Gasteiger partial charge in [-0.1, -0.05) is 0 Å². The maximum absolute atomic E-state index is 11.8. The smallest absolute Gasteiger partial charge is 0.480 e. The van der Waals surface area contributed by atoms with Crippen LogP contribution >= 0.6 is 0 Å². The van der Waals surface area contributed by atoms with E-state index in [4.69, 9.17) is 106 Å². The quantitative estimate of drug-likeness (QED) is 0.00845. The minimum absolute atomic E-state index is 0.0128. The van der Waals surface area contributed by atoms with Gasteiger partial charge in [0.1, 0.15) is 25.5 Å². The number of nitrogens with one attached hydrogen (secondary N) is 4. The first-order chi connectivity index (χ1) is 53.9. The molecule has 35 nitrogen and oxygen atoms in total. The number of carboxylic acid groups (broad SMARTS) is 1. The number of nitrogens with two attached hydrogens (primary N) is 1. The number of carbonyl (C=O) groups is 6. The van der Waals surface area contributed by atoms with Crippen LogP contribution in [0.3, 0.4) is 0 Å². The van der Waals surface area contributed by atoms with Gasteiger partial charge in [-0.3, -0.25) is 14.9 Å². The molecule has 0 saturated heterocycles. The number of carboxylic acids is 1. The Labute approximate surface area is 644 Å². The largest absolute Gasteiger partial charge is 0.513 e. The highest BCUT2D eigenvalue weighted by Crippen LogP contribution is 2.54. The lowest BCUT2D eigenvalue weighted by Gasteiger charge is -2.09. The van der Waals surface area contributed by atoms with Gasteiger partial charge in [0.25, 0.3) is 5.69 Å². The van der Waals surface area contributed by atoms with Gasteiger partial charge in [-0.2, -0.15) is 0 Å². The fraction of sp³-hybridized carbons (Fsp3) is 0.760. The Kier molecular flexibility index (Phi) is 55.3. The molecule has 9 atom stereocenters. The van der Waals surface area contributed by atoms with Crippen molar-refractivity contribution >= 4 is 42.2 Å². The number of nitro groups is 1. The van der Waals surface area contributed by atoms with Crippen LogP contribution < -0.4 is 31.7 Å². The number of fused-ring (bicyclic) bond motifs is 3. The lowest BCUT2D eigenvalue weighted by Crippen LogP contribution is -2.30. The third kappa shape index (κ3) is 49.0. The van der Waals surface area contributed by atoms with Crippen LogP contribution in [0.25, 0.3) is 0 Å². The number of ether oxygens (including phenoxy) is 18. The number of carbonyl (C=O) groups excluding carboxylic acids is 5. The fourth-order valence-corrected chi connectivity index (χ4v) is 11.9. The molecule has 110 heavy (non-hydrogen) atoms. The highest BCUT2D eigenvalue weighted by atomic mass is 16.7. The van der Waals surface area contributed by atoms with Gasteiger partial charge in [0, 0.05) is 76.8 Å². The first kappa shape index (κ1) is 94.9. The van der Waals surface area contributed by atoms with Crippen molar-refractivity contribution in [3.63, 3.8) is 0 Å². The average Bonchev–Trinajstić information content (AvgIpc) is 1.65. The van der Waals surface area contributed by atoms with Gasteiger partial charge < -0.3 is 128 Å². The number of amides is 4. The van der Waals surface area contributed by atoms with Crippen LogP contribution in [0, 0.1) is 98.9 Å². The van der Waals surface area contributed by atoms with Crippen molar-refractivity contribution in [2.45, 2.75) is 77.0 Å². The van der Waals surface area contributed by atoms with Gasteiger partial charge in [0.05, 0.1) is 197 Å². The van der Waals surface area contributed by atoms with Gasteiger partial charge in [-0.25, -0.2) is 24.0 Å². The third-order valence-corrected chi connectivity index (χ3v) is 17.5. The molecule has 1 aromatic carbocycles. The highest BCUT2D eigenvalue weighted by molar-refractivity contribution is 5.76. The molecule has 0 spiro atoms. The molecule has 622 valence electrons. The molecule has 3 saturated carbocycles. The third-order valence-electron chi connectivity index (χ3n) is 17.5. The molecule has 0 radical (unpaired) electrons. The summed E-state index contributed by atoms with van der Waals surface area (Å²) < 4.78 is 93.4. The summed E-state index contributed by atoms with van der Waals surface area (Å²) in [5.74, 6) is 23.5. The van der Waals surface area contributed by atoms with E-state index in [-0.39, 0.29) is 57.2 Å². The molecule has 3 unspecified atom stereocenters. The summed E-state index contributed by atoms with van der Waals surface area (Å²) in [6.45, 7) is 12.4. The van der Waals surface area contributed by atoms with E-state index in [1.54, 1.807) is 0 Å². The van der Waals surface area contributed by atoms with Crippen LogP contribution in [0.5, 0.6) is 5.75 Å². The van der Waals surface area contributed by atoms with Crippen molar-refractivity contribution in [2.75, 3.05) is 238 Å². The number of nitrogens with zero attached hydrogens (tertiary/aromatic N) is 1. The van der Waals surface area contributed by atoms with Crippen LogP contribution in [-0.2, 0) is 85.3 Å². The minimum Gasteiger partial charge on any atom is -0.480 e. The Balaban J connectivity index is 0.000000326. The number of hydrogen-bond donors (Lipinski definition) is 8. The number of aliphatic hydroxyl groups is 2. The second kappa shape index (κ2) is 64.1. The standard InChI is InChI=1S/C26H34N2O10.C22H34N2O9.C19H31NO6.C8H19NO4/c29-25(37-19-24-22-5-3-1-2-4-6-23(22)24)27-11-12-33-13-14-34-15-16-35-17-18-36-26(30)38-21-9-7-20(8-10-21)28(31)32;25-20(26)15-24-22(28)32-14-13-31-12-11-30-10-9-29-8-7-23-21(27)33-16-19-17-5-3-1-2-4-6-18(17)19;21-8-10-24-12-14-25-13-11-23-9-7-20-19(22)26-15-18-16-5-3-1-2-4-6-17(16)18;9-1-3-11-5-7-13-8-6-12-4-2-10/h7-10,22-24H,3-6,11-19H2,(H,27,29);17-19H,3-16H2,(H,23,27)(H,24,28)(H,25,26);16-18,21H,3-15H2,(H,20,22);10H,1-9H2/t22-,23+,24?;17-,18+,19?;16-,17+,18?;. The van der Waals surface area contributed by atoms with E-state index in [0.29, 0.717) is 245 Å². The number of rotatable bonds is 55. The van der Waals surface area contributed by atoms with Crippen LogP contribution in [-0.4, -0.2) is 294 Å². The number of hydrogen-bond acceptors (Lipinski definition) is 29. The maximum Gasteiger partial charge on any atom is 0.513 e. The Morgan fingerprint density at radius 2 is 0.655 bits per heavy atom. The van der Waals surface area contributed by atoms with Crippen LogP contribution in [0.1, 0.15) is 77.0 Å². The number of non-ortho nitro benzene ring substituents is 1. The molecule has 7 rings (SSSR count). The van der Waals surface area contributed by atoms with Crippen molar-refractivity contribution in [1.29, 1.82) is 0 Å². The second-order valence-electron chi connectivity index (χ2n) is 25.3. The van der Waals surface area contributed by atoms with Gasteiger partial charge in [0.15, 0.2) is 0 Å². The maximum atomic E-state index is 11.8. The molecule has 0 aromatic heterocycles. The van der Waals surface area contributed by atoms with Crippen molar-refractivity contribution in [3.05, 3.63) is 34.4 Å². The van der Waals surface area contributed by atoms with E-state index in [0.717, 1.165) is 77.0 Å². The molecule has 1 aromatic rings. The predicted molar refractivity (Wildman–Crippen MR) is 393 cm³/mol. The summed E-state index contributed by atoms with van der Waals surface area (Å²) >= 11 is 0. The Morgan fingerprint density at radius 1 is 0.382 bits per heavy atom. The highest BCUT2D eigenvalue weighted by Gasteiger charge is 2.51. The molecule has 35 heteroatoms. The molecule has 9 N–H and O–H groups in total. The molecule has 0 heterocycles. The van der Waals surface area contributed by atoms with Gasteiger partial charge in [-0.05, 0) is 104 Å². The second-order valence-corrected chi connectivity index (χ2v) is 25.3. The molecular formula is C75H118N6O29. The van der Waals surface area contributed by atoms with Crippen LogP contribution in [0.4, 0.5) is 29.7 Å². The minimum atomic E-state index is -1.15. The van der Waals surface area contributed by atoms with Crippen molar-refractivity contribution in [2.24, 2.45) is 59.0 Å². The van der Waals surface area contributed by atoms with Crippen molar-refractivity contribution in [3.8, 4) is 41.3 Å². The molecule has 3 fully saturated rings. The predicted octanol–water partition coefficient (Wildman–Crippen LogP) is 4.52. The molecular weight excluding hydrogens is 1450 g/mol. The molecule has 4 amide bonds. The SMILES string of the molecule is NCCOCCOCCOCCO.O=C(NCCOCCOCCOCCO)OCC1[C@H]2CCC#CCC[C@@H]12.O=C(NCCOCCOCCOCCOC(=O)Oc1ccc([N+](=O)[O-])cc1)OCC1[C@H]2CCC#CCC[C@@H]12.O=C(O)CNC(=O)OCCOCCOCCOCCNC(=O)OCC1[C@H]2CCC#CCC[C@@H]12. The van der Waals surface area contributed by atoms with Crippen LogP contribution in [0.2, 0.25) is 0 Å². The van der Waals surface area contributed by atoms with E-state index in [9.17, 15) is 38.9 Å². The van der Waals surface area contributed by atoms with Gasteiger partial charge >= 0.3 is 36.5 Å². The van der Waals surface area contributed by atoms with Gasteiger partial charge in [0.2, 0.25) is 0 Å². The van der Waals surface area contributed by atoms with E-state index in [1.165, 1.54) is 24.3 Å². The lowest BCUT2D eigenvalue weighted by atomic mass is 10.1. The van der Waals surface area contributed by atoms with E-state index in [2.05, 4.69) is 56.8 Å². The Bertz CT molecular complexity index is 2790. The van der Waals surface area contributed by atoms with Crippen molar-refractivity contribution < 1.29 is 134 Å². The van der Waals surface area contributed by atoms with E-state index in [1.807, 2.05) is 0 Å². The lowest BCUT2D eigenvalue weighted by molar-refractivity contribution is -0.384.